The van der Waals surface area contributed by atoms with Crippen LogP contribution in [0.25, 0.3) is 0 Å². The number of piperidine rings is 2. The molecule has 1 spiro atoms. The number of carbonyl (C=O) groups is 3. The third kappa shape index (κ3) is 5.59. The van der Waals surface area contributed by atoms with Gasteiger partial charge >= 0.3 is 0 Å². The van der Waals surface area contributed by atoms with Crippen LogP contribution in [-0.4, -0.2) is 88.6 Å². The van der Waals surface area contributed by atoms with Gasteiger partial charge < -0.3 is 24.7 Å². The molecule has 3 aliphatic heterocycles. The van der Waals surface area contributed by atoms with Crippen LogP contribution in [0.15, 0.2) is 54.6 Å². The lowest BCUT2D eigenvalue weighted by Crippen LogP contribution is -2.57. The van der Waals surface area contributed by atoms with E-state index in [1.54, 1.807) is 9.80 Å². The van der Waals surface area contributed by atoms with E-state index in [1.165, 1.54) is 37.7 Å². The van der Waals surface area contributed by atoms with E-state index in [0.29, 0.717) is 70.0 Å². The van der Waals surface area contributed by atoms with Crippen molar-refractivity contribution >= 4 is 23.4 Å². The summed E-state index contributed by atoms with van der Waals surface area (Å²) in [6.07, 6.45) is 8.20. The van der Waals surface area contributed by atoms with Crippen molar-refractivity contribution in [3.8, 4) is 0 Å². The minimum absolute atomic E-state index is 0.0195. The molecule has 4 aliphatic rings. The lowest BCUT2D eigenvalue weighted by Gasteiger charge is -2.43. The lowest BCUT2D eigenvalue weighted by molar-refractivity contribution is -0.142. The zero-order valence-corrected chi connectivity index (χ0v) is 23.9. The van der Waals surface area contributed by atoms with E-state index in [0.717, 1.165) is 5.69 Å². The highest BCUT2D eigenvalue weighted by atomic mass is 16.3. The summed E-state index contributed by atoms with van der Waals surface area (Å²) in [5.74, 6) is 0.526. The molecule has 2 aromatic rings. The molecular weight excluding hydrogens is 516 g/mol. The zero-order chi connectivity index (χ0) is 28.4. The average Bonchev–Trinajstić information content (AvgIpc) is 3.28. The summed E-state index contributed by atoms with van der Waals surface area (Å²) in [6, 6.07) is 18.1. The number of anilines is 1. The highest BCUT2D eigenvalue weighted by Crippen LogP contribution is 2.40. The van der Waals surface area contributed by atoms with Crippen LogP contribution in [0.2, 0.25) is 0 Å². The second-order valence-corrected chi connectivity index (χ2v) is 12.3. The van der Waals surface area contributed by atoms with Gasteiger partial charge in [0.25, 0.3) is 11.8 Å². The van der Waals surface area contributed by atoms with E-state index >= 15 is 0 Å². The normalized spacial score (nSPS) is 22.0. The molecule has 0 radical (unpaired) electrons. The molecule has 8 nitrogen and oxygen atoms in total. The maximum Gasteiger partial charge on any atom is 0.253 e. The Balaban J connectivity index is 1.15. The summed E-state index contributed by atoms with van der Waals surface area (Å²) in [5.41, 5.74) is 2.22. The topological polar surface area (TPSA) is 84.4 Å². The first-order chi connectivity index (χ1) is 19.9. The van der Waals surface area contributed by atoms with Crippen LogP contribution >= 0.6 is 0 Å². The first kappa shape index (κ1) is 27.8. The Morgan fingerprint density at radius 3 is 2.12 bits per heavy atom. The molecule has 2 aromatic carbocycles. The molecule has 3 heterocycles. The third-order valence-electron chi connectivity index (χ3n) is 9.84. The summed E-state index contributed by atoms with van der Waals surface area (Å²) < 4.78 is 0. The quantitative estimate of drug-likeness (QED) is 0.600. The first-order valence-electron chi connectivity index (χ1n) is 15.4. The number of aliphatic hydroxyl groups excluding tert-OH is 1. The van der Waals surface area contributed by atoms with Crippen LogP contribution in [0.3, 0.4) is 0 Å². The van der Waals surface area contributed by atoms with E-state index in [9.17, 15) is 19.5 Å². The van der Waals surface area contributed by atoms with Crippen LogP contribution in [0, 0.1) is 0 Å². The number of para-hydroxylation sites is 1. The van der Waals surface area contributed by atoms with E-state index in [4.69, 9.17) is 0 Å². The van der Waals surface area contributed by atoms with Crippen molar-refractivity contribution in [1.29, 1.82) is 0 Å². The standard InChI is InChI=1S/C33H42N4O4/c38-29-15-19-34(20-16-29)30(39)23-36-24-37(28-9-5-2-6-10-28)33(32(36)41)17-21-35(22-18-33)31(40)27-13-11-26(12-14-27)25-7-3-1-4-8-25/h2,5-6,9-14,25,29,38H,1,3-4,7-8,15-24H2. The highest BCUT2D eigenvalue weighted by Gasteiger charge is 2.54. The fourth-order valence-corrected chi connectivity index (χ4v) is 7.30. The molecule has 3 saturated heterocycles. The second kappa shape index (κ2) is 11.8. The number of carbonyl (C=O) groups excluding carboxylic acids is 3. The van der Waals surface area contributed by atoms with Crippen LogP contribution in [0.5, 0.6) is 0 Å². The van der Waals surface area contributed by atoms with Gasteiger partial charge in [-0.1, -0.05) is 49.6 Å². The molecule has 0 bridgehead atoms. The number of nitrogens with zero attached hydrogens (tertiary/aromatic N) is 4. The predicted molar refractivity (Wildman–Crippen MR) is 157 cm³/mol. The Morgan fingerprint density at radius 2 is 1.46 bits per heavy atom. The summed E-state index contributed by atoms with van der Waals surface area (Å²) in [5, 5.41) is 9.82. The summed E-state index contributed by atoms with van der Waals surface area (Å²) in [6.45, 7) is 2.41. The van der Waals surface area contributed by atoms with Crippen molar-refractivity contribution in [1.82, 2.24) is 14.7 Å². The van der Waals surface area contributed by atoms with Crippen molar-refractivity contribution < 1.29 is 19.5 Å². The first-order valence-corrected chi connectivity index (χ1v) is 15.4. The molecule has 41 heavy (non-hydrogen) atoms. The Morgan fingerprint density at radius 1 is 0.805 bits per heavy atom. The fraction of sp³-hybridized carbons (Fsp3) is 0.545. The molecule has 4 fully saturated rings. The minimum Gasteiger partial charge on any atom is -0.393 e. The van der Waals surface area contributed by atoms with E-state index in [1.807, 2.05) is 47.4 Å². The molecule has 1 aliphatic carbocycles. The van der Waals surface area contributed by atoms with Gasteiger partial charge in [0.2, 0.25) is 5.91 Å². The van der Waals surface area contributed by atoms with Crippen molar-refractivity contribution in [3.63, 3.8) is 0 Å². The van der Waals surface area contributed by atoms with Crippen molar-refractivity contribution in [2.75, 3.05) is 44.3 Å². The fourth-order valence-electron chi connectivity index (χ4n) is 7.30. The van der Waals surface area contributed by atoms with Gasteiger partial charge in [-0.3, -0.25) is 14.4 Å². The number of aliphatic hydroxyl groups is 1. The van der Waals surface area contributed by atoms with E-state index in [-0.39, 0.29) is 30.4 Å². The number of benzene rings is 2. The molecular formula is C33H42N4O4. The van der Waals surface area contributed by atoms with Crippen LogP contribution in [0.1, 0.15) is 79.6 Å². The van der Waals surface area contributed by atoms with Crippen LogP contribution in [0.4, 0.5) is 5.69 Å². The number of rotatable bonds is 5. The van der Waals surface area contributed by atoms with Crippen LogP contribution < -0.4 is 4.90 Å². The monoisotopic (exact) mass is 558 g/mol. The predicted octanol–water partition coefficient (Wildman–Crippen LogP) is 4.00. The SMILES string of the molecule is O=C(CN1CN(c2ccccc2)C2(CCN(C(=O)c3ccc(C4CCCCC4)cc3)CC2)C1=O)N1CCC(O)CC1. The van der Waals surface area contributed by atoms with E-state index in [2.05, 4.69) is 17.0 Å². The molecule has 1 N–H and O–H groups in total. The van der Waals surface area contributed by atoms with Gasteiger partial charge in [-0.2, -0.15) is 0 Å². The molecule has 6 rings (SSSR count). The van der Waals surface area contributed by atoms with Gasteiger partial charge in [0.15, 0.2) is 0 Å². The van der Waals surface area contributed by atoms with Gasteiger partial charge in [0, 0.05) is 37.4 Å². The molecule has 0 atom stereocenters. The Bertz CT molecular complexity index is 1230. The Labute approximate surface area is 242 Å². The number of hydrogen-bond acceptors (Lipinski definition) is 5. The highest BCUT2D eigenvalue weighted by molar-refractivity contribution is 5.97. The lowest BCUT2D eigenvalue weighted by atomic mass is 9.83. The minimum atomic E-state index is -0.776. The summed E-state index contributed by atoms with van der Waals surface area (Å²) in [7, 11) is 0. The molecule has 8 heteroatoms. The molecule has 0 aromatic heterocycles. The molecule has 218 valence electrons. The Kier molecular flexibility index (Phi) is 8.02. The third-order valence-corrected chi connectivity index (χ3v) is 9.84. The number of hydrogen-bond donors (Lipinski definition) is 1. The molecule has 0 unspecified atom stereocenters. The summed E-state index contributed by atoms with van der Waals surface area (Å²) >= 11 is 0. The van der Waals surface area contributed by atoms with Crippen molar-refractivity contribution in [3.05, 3.63) is 65.7 Å². The average molecular weight is 559 g/mol. The van der Waals surface area contributed by atoms with Crippen LogP contribution in [-0.2, 0) is 9.59 Å². The maximum absolute atomic E-state index is 14.0. The maximum atomic E-state index is 14.0. The Hall–Kier alpha value is -3.39. The van der Waals surface area contributed by atoms with Gasteiger partial charge in [-0.25, -0.2) is 0 Å². The number of amides is 3. The van der Waals surface area contributed by atoms with E-state index < -0.39 is 5.54 Å². The van der Waals surface area contributed by atoms with Crippen molar-refractivity contribution in [2.24, 2.45) is 0 Å². The second-order valence-electron chi connectivity index (χ2n) is 12.3. The van der Waals surface area contributed by atoms with Gasteiger partial charge in [-0.05, 0) is 74.3 Å². The van der Waals surface area contributed by atoms with Crippen molar-refractivity contribution in [2.45, 2.75) is 75.3 Å². The number of likely N-dealkylation sites (tertiary alicyclic amines) is 2. The molecule has 3 amide bonds. The van der Waals surface area contributed by atoms with Gasteiger partial charge in [0.1, 0.15) is 12.1 Å². The summed E-state index contributed by atoms with van der Waals surface area (Å²) in [4.78, 5) is 48.1. The largest absolute Gasteiger partial charge is 0.393 e. The van der Waals surface area contributed by atoms with Gasteiger partial charge in [-0.15, -0.1) is 0 Å². The van der Waals surface area contributed by atoms with Gasteiger partial charge in [0.05, 0.1) is 12.8 Å². The molecule has 1 saturated carbocycles. The zero-order valence-electron chi connectivity index (χ0n) is 23.9. The smallest absolute Gasteiger partial charge is 0.253 e.